The summed E-state index contributed by atoms with van der Waals surface area (Å²) in [5.41, 5.74) is 3.34. The molecule has 0 atom stereocenters. The van der Waals surface area contributed by atoms with Gasteiger partial charge in [-0.15, -0.1) is 11.3 Å². The van der Waals surface area contributed by atoms with E-state index >= 15 is 0 Å². The number of aromatic nitrogens is 2. The predicted molar refractivity (Wildman–Crippen MR) is 110 cm³/mol. The molecule has 0 aromatic carbocycles. The highest BCUT2D eigenvalue weighted by Crippen LogP contribution is 2.38. The lowest BCUT2D eigenvalue weighted by molar-refractivity contribution is -0.116. The van der Waals surface area contributed by atoms with E-state index < -0.39 is 0 Å². The number of fused-ring (bicyclic) bond motifs is 1. The van der Waals surface area contributed by atoms with E-state index in [2.05, 4.69) is 26.3 Å². The van der Waals surface area contributed by atoms with Gasteiger partial charge in [0.1, 0.15) is 11.5 Å². The van der Waals surface area contributed by atoms with Crippen LogP contribution >= 0.6 is 27.3 Å². The number of amides is 1. The lowest BCUT2D eigenvalue weighted by Gasteiger charge is -2.12. The second-order valence-electron chi connectivity index (χ2n) is 6.74. The highest BCUT2D eigenvalue weighted by Gasteiger charge is 2.27. The zero-order chi connectivity index (χ0) is 19.6. The standard InChI is InChI=1S/C19H24BrN3O3S/c1-4-9-26-19(25)16-13-7-5-6-8-14(13)27-18(16)21-15(24)10-23-12(3)17(20)11(2)22-23/h4-10H2,1-3H3,(H,21,24). The molecule has 1 amide bonds. The first-order chi connectivity index (χ1) is 12.9. The van der Waals surface area contributed by atoms with Gasteiger partial charge in [-0.2, -0.15) is 5.10 Å². The SMILES string of the molecule is CCCOC(=O)c1c(NC(=O)Cn2nc(C)c(Br)c2C)sc2c1CCCC2. The maximum absolute atomic E-state index is 12.6. The van der Waals surface area contributed by atoms with Crippen molar-refractivity contribution in [2.45, 2.75) is 59.4 Å². The summed E-state index contributed by atoms with van der Waals surface area (Å²) in [6, 6.07) is 0. The maximum Gasteiger partial charge on any atom is 0.341 e. The van der Waals surface area contributed by atoms with Gasteiger partial charge < -0.3 is 10.1 Å². The Morgan fingerprint density at radius 1 is 1.30 bits per heavy atom. The van der Waals surface area contributed by atoms with Gasteiger partial charge in [0.2, 0.25) is 5.91 Å². The van der Waals surface area contributed by atoms with Crippen molar-refractivity contribution in [3.63, 3.8) is 0 Å². The third-order valence-electron chi connectivity index (χ3n) is 4.65. The number of hydrogen-bond donors (Lipinski definition) is 1. The predicted octanol–water partition coefficient (Wildman–Crippen LogP) is 4.41. The normalized spacial score (nSPS) is 13.3. The molecule has 2 heterocycles. The van der Waals surface area contributed by atoms with Crippen LogP contribution in [-0.4, -0.2) is 28.3 Å². The van der Waals surface area contributed by atoms with Crippen molar-refractivity contribution in [1.29, 1.82) is 0 Å². The van der Waals surface area contributed by atoms with Crippen molar-refractivity contribution in [3.05, 3.63) is 31.9 Å². The van der Waals surface area contributed by atoms with E-state index in [0.717, 1.165) is 53.5 Å². The molecule has 2 aromatic heterocycles. The summed E-state index contributed by atoms with van der Waals surface area (Å²) in [4.78, 5) is 26.4. The van der Waals surface area contributed by atoms with Gasteiger partial charge in [0.15, 0.2) is 0 Å². The summed E-state index contributed by atoms with van der Waals surface area (Å²) in [5.74, 6) is -0.531. The van der Waals surface area contributed by atoms with Crippen LogP contribution in [0.4, 0.5) is 5.00 Å². The summed E-state index contributed by atoms with van der Waals surface area (Å²) >= 11 is 4.98. The molecule has 0 bridgehead atoms. The molecule has 6 nitrogen and oxygen atoms in total. The molecule has 0 spiro atoms. The molecular formula is C19H24BrN3O3S. The average molecular weight is 454 g/mol. The van der Waals surface area contributed by atoms with Gasteiger partial charge in [0.25, 0.3) is 0 Å². The number of nitrogens with zero attached hydrogens (tertiary/aromatic N) is 2. The van der Waals surface area contributed by atoms with Gasteiger partial charge in [-0.25, -0.2) is 4.79 Å². The molecular weight excluding hydrogens is 430 g/mol. The molecule has 0 saturated carbocycles. The van der Waals surface area contributed by atoms with Crippen molar-refractivity contribution in [2.75, 3.05) is 11.9 Å². The van der Waals surface area contributed by atoms with E-state index in [9.17, 15) is 9.59 Å². The molecule has 8 heteroatoms. The number of ether oxygens (including phenoxy) is 1. The number of carbonyl (C=O) groups excluding carboxylic acids is 2. The fourth-order valence-corrected chi connectivity index (χ4v) is 4.85. The van der Waals surface area contributed by atoms with Gasteiger partial charge in [-0.1, -0.05) is 6.92 Å². The summed E-state index contributed by atoms with van der Waals surface area (Å²) in [6.45, 7) is 6.25. The van der Waals surface area contributed by atoms with Crippen molar-refractivity contribution < 1.29 is 14.3 Å². The zero-order valence-corrected chi connectivity index (χ0v) is 18.3. The Kier molecular flexibility index (Phi) is 6.37. The number of hydrogen-bond acceptors (Lipinski definition) is 5. The van der Waals surface area contributed by atoms with Gasteiger partial charge in [0, 0.05) is 4.88 Å². The summed E-state index contributed by atoms with van der Waals surface area (Å²) in [5, 5.41) is 7.91. The third kappa shape index (κ3) is 4.27. The molecule has 27 heavy (non-hydrogen) atoms. The van der Waals surface area contributed by atoms with Gasteiger partial charge in [-0.05, 0) is 67.4 Å². The molecule has 146 valence electrons. The number of carbonyl (C=O) groups is 2. The lowest BCUT2D eigenvalue weighted by Crippen LogP contribution is -2.21. The Labute approximate surface area is 171 Å². The second kappa shape index (κ2) is 8.56. The van der Waals surface area contributed by atoms with Crippen LogP contribution < -0.4 is 5.32 Å². The van der Waals surface area contributed by atoms with Crippen molar-refractivity contribution >= 4 is 44.1 Å². The zero-order valence-electron chi connectivity index (χ0n) is 15.9. The number of nitrogens with one attached hydrogen (secondary N) is 1. The largest absolute Gasteiger partial charge is 0.462 e. The highest BCUT2D eigenvalue weighted by atomic mass is 79.9. The topological polar surface area (TPSA) is 73.2 Å². The Hall–Kier alpha value is -1.67. The molecule has 1 N–H and O–H groups in total. The van der Waals surface area contributed by atoms with Crippen LogP contribution in [0, 0.1) is 13.8 Å². The minimum Gasteiger partial charge on any atom is -0.462 e. The molecule has 1 aliphatic rings. The number of anilines is 1. The van der Waals surface area contributed by atoms with Crippen LogP contribution in [0.15, 0.2) is 4.47 Å². The van der Waals surface area contributed by atoms with E-state index in [0.29, 0.717) is 17.2 Å². The fourth-order valence-electron chi connectivity index (χ4n) is 3.27. The van der Waals surface area contributed by atoms with Crippen LogP contribution in [0.5, 0.6) is 0 Å². The molecule has 2 aromatic rings. The smallest absolute Gasteiger partial charge is 0.341 e. The molecule has 0 aliphatic heterocycles. The van der Waals surface area contributed by atoms with Crippen LogP contribution in [-0.2, 0) is 28.9 Å². The Bertz CT molecular complexity index is 872. The number of halogens is 1. The van der Waals surface area contributed by atoms with Crippen LogP contribution in [0.2, 0.25) is 0 Å². The van der Waals surface area contributed by atoms with E-state index in [1.165, 1.54) is 16.2 Å². The van der Waals surface area contributed by atoms with Crippen LogP contribution in [0.1, 0.15) is 58.4 Å². The van der Waals surface area contributed by atoms with Gasteiger partial charge in [0.05, 0.1) is 28.0 Å². The monoisotopic (exact) mass is 453 g/mol. The number of thiophene rings is 1. The molecule has 0 unspecified atom stereocenters. The fraction of sp³-hybridized carbons (Fsp3) is 0.526. The molecule has 3 rings (SSSR count). The van der Waals surface area contributed by atoms with Crippen molar-refractivity contribution in [3.8, 4) is 0 Å². The molecule has 0 saturated heterocycles. The van der Waals surface area contributed by atoms with E-state index in [-0.39, 0.29) is 18.4 Å². The van der Waals surface area contributed by atoms with Crippen LogP contribution in [0.25, 0.3) is 0 Å². The quantitative estimate of drug-likeness (QED) is 0.657. The van der Waals surface area contributed by atoms with Crippen LogP contribution in [0.3, 0.4) is 0 Å². The first kappa shape index (κ1) is 20.1. The third-order valence-corrected chi connectivity index (χ3v) is 7.01. The number of aryl methyl sites for hydroxylation is 2. The number of rotatable bonds is 6. The first-order valence-corrected chi connectivity index (χ1v) is 10.8. The Balaban J connectivity index is 1.82. The first-order valence-electron chi connectivity index (χ1n) is 9.23. The second-order valence-corrected chi connectivity index (χ2v) is 8.64. The maximum atomic E-state index is 12.6. The Morgan fingerprint density at radius 3 is 2.70 bits per heavy atom. The molecule has 1 aliphatic carbocycles. The van der Waals surface area contributed by atoms with E-state index in [1.807, 2.05) is 20.8 Å². The average Bonchev–Trinajstić information content (AvgIpc) is 3.12. The van der Waals surface area contributed by atoms with Gasteiger partial charge in [-0.3, -0.25) is 9.48 Å². The summed E-state index contributed by atoms with van der Waals surface area (Å²) < 4.78 is 7.95. The highest BCUT2D eigenvalue weighted by molar-refractivity contribution is 9.10. The molecule has 0 fully saturated rings. The molecule has 0 radical (unpaired) electrons. The summed E-state index contributed by atoms with van der Waals surface area (Å²) in [6.07, 6.45) is 4.76. The Morgan fingerprint density at radius 2 is 2.04 bits per heavy atom. The summed E-state index contributed by atoms with van der Waals surface area (Å²) in [7, 11) is 0. The lowest BCUT2D eigenvalue weighted by atomic mass is 9.95. The minimum absolute atomic E-state index is 0.101. The minimum atomic E-state index is -0.333. The van der Waals surface area contributed by atoms with E-state index in [4.69, 9.17) is 4.74 Å². The van der Waals surface area contributed by atoms with Gasteiger partial charge >= 0.3 is 5.97 Å². The number of esters is 1. The van der Waals surface area contributed by atoms with E-state index in [1.54, 1.807) is 4.68 Å². The van der Waals surface area contributed by atoms with Crippen molar-refractivity contribution in [2.24, 2.45) is 0 Å². The van der Waals surface area contributed by atoms with Crippen molar-refractivity contribution in [1.82, 2.24) is 9.78 Å².